The number of nitrogens with two attached hydrogens (primary N) is 1. The number of ether oxygens (including phenoxy) is 1. The van der Waals surface area contributed by atoms with Gasteiger partial charge >= 0.3 is 0 Å². The van der Waals surface area contributed by atoms with Crippen molar-refractivity contribution in [1.29, 1.82) is 0 Å². The second-order valence-corrected chi connectivity index (χ2v) is 17.5. The molecule has 6 heterocycles. The SMILES string of the molecule is C[C@@H]1OCC2(CCN(c3cnc(Sc4cccc(NCc5ccc(CN6CCN(c7ccc8c(c7)CN(C7CCC(=O)NC7=O)C8=O)CC6)cc5)c4)cn3)CC2)[C@@H]1N. The summed E-state index contributed by atoms with van der Waals surface area (Å²) >= 11 is 1.61. The molecule has 3 aromatic carbocycles. The fourth-order valence-corrected chi connectivity index (χ4v) is 9.90. The Bertz CT molecular complexity index is 2150. The quantitative estimate of drug-likeness (QED) is 0.192. The Kier molecular flexibility index (Phi) is 10.8. The molecule has 3 atom stereocenters. The molecular formula is C44H51N9O4S. The number of amides is 3. The average Bonchev–Trinajstić information content (AvgIpc) is 3.71. The second-order valence-electron chi connectivity index (χ2n) is 16.4. The van der Waals surface area contributed by atoms with Crippen LogP contribution in [0.3, 0.4) is 0 Å². The van der Waals surface area contributed by atoms with Gasteiger partial charge in [-0.1, -0.05) is 42.1 Å². The van der Waals surface area contributed by atoms with Gasteiger partial charge in [0.1, 0.15) is 16.9 Å². The molecule has 13 nitrogen and oxygen atoms in total. The number of benzene rings is 3. The predicted molar refractivity (Wildman–Crippen MR) is 224 cm³/mol. The van der Waals surface area contributed by atoms with Gasteiger partial charge in [0, 0.05) is 98.6 Å². The van der Waals surface area contributed by atoms with Crippen molar-refractivity contribution in [2.24, 2.45) is 11.1 Å². The molecule has 302 valence electrons. The fourth-order valence-electron chi connectivity index (χ4n) is 9.12. The number of piperazine rings is 1. The molecule has 14 heteroatoms. The summed E-state index contributed by atoms with van der Waals surface area (Å²) in [6.45, 7) is 10.4. The van der Waals surface area contributed by atoms with E-state index in [1.165, 1.54) is 11.1 Å². The van der Waals surface area contributed by atoms with Crippen LogP contribution in [0.4, 0.5) is 17.2 Å². The summed E-state index contributed by atoms with van der Waals surface area (Å²) in [6.07, 6.45) is 6.55. The smallest absolute Gasteiger partial charge is 0.255 e. The van der Waals surface area contributed by atoms with Crippen molar-refractivity contribution >= 4 is 46.7 Å². The lowest BCUT2D eigenvalue weighted by atomic mass is 9.73. The molecule has 4 aromatic rings. The number of hydrogen-bond donors (Lipinski definition) is 3. The lowest BCUT2D eigenvalue weighted by Gasteiger charge is -2.41. The molecule has 4 fully saturated rings. The molecule has 0 aliphatic carbocycles. The first kappa shape index (κ1) is 38.5. The molecule has 0 saturated carbocycles. The van der Waals surface area contributed by atoms with Crippen LogP contribution in [0.15, 0.2) is 89.0 Å². The van der Waals surface area contributed by atoms with Gasteiger partial charge in [-0.3, -0.25) is 24.6 Å². The zero-order valence-corrected chi connectivity index (χ0v) is 33.8. The number of nitrogens with zero attached hydrogens (tertiary/aromatic N) is 6. The van der Waals surface area contributed by atoms with Crippen LogP contribution < -0.4 is 26.2 Å². The number of carbonyl (C=O) groups is 3. The largest absolute Gasteiger partial charge is 0.381 e. The minimum atomic E-state index is -0.597. The highest BCUT2D eigenvalue weighted by Crippen LogP contribution is 2.42. The van der Waals surface area contributed by atoms with Gasteiger partial charge in [0.2, 0.25) is 11.8 Å². The molecule has 0 bridgehead atoms. The first-order valence-corrected chi connectivity index (χ1v) is 21.3. The minimum Gasteiger partial charge on any atom is -0.381 e. The highest BCUT2D eigenvalue weighted by Gasteiger charge is 2.47. The number of piperidine rings is 2. The van der Waals surface area contributed by atoms with Crippen molar-refractivity contribution in [1.82, 2.24) is 25.1 Å². The third-order valence-electron chi connectivity index (χ3n) is 12.8. The zero-order chi connectivity index (χ0) is 39.8. The van der Waals surface area contributed by atoms with Crippen LogP contribution in [0.25, 0.3) is 0 Å². The van der Waals surface area contributed by atoms with E-state index in [1.807, 2.05) is 24.5 Å². The lowest BCUT2D eigenvalue weighted by molar-refractivity contribution is -0.136. The summed E-state index contributed by atoms with van der Waals surface area (Å²) in [7, 11) is 0. The van der Waals surface area contributed by atoms with Crippen LogP contribution in [0, 0.1) is 5.41 Å². The van der Waals surface area contributed by atoms with Crippen LogP contribution >= 0.6 is 11.8 Å². The number of anilines is 3. The van der Waals surface area contributed by atoms with Gasteiger partial charge in [-0.2, -0.15) is 0 Å². The van der Waals surface area contributed by atoms with E-state index >= 15 is 0 Å². The average molecular weight is 802 g/mol. The Labute approximate surface area is 343 Å². The van der Waals surface area contributed by atoms with Crippen molar-refractivity contribution in [3.05, 3.63) is 101 Å². The molecular weight excluding hydrogens is 751 g/mol. The van der Waals surface area contributed by atoms with Gasteiger partial charge in [-0.05, 0) is 79.3 Å². The minimum absolute atomic E-state index is 0.0904. The Morgan fingerprint density at radius 2 is 1.71 bits per heavy atom. The number of carbonyl (C=O) groups excluding carboxylic acids is 3. The Balaban J connectivity index is 0.718. The van der Waals surface area contributed by atoms with Gasteiger partial charge in [0.25, 0.3) is 5.91 Å². The number of fused-ring (bicyclic) bond motifs is 1. The third-order valence-corrected chi connectivity index (χ3v) is 13.7. The number of hydrogen-bond acceptors (Lipinski definition) is 12. The van der Waals surface area contributed by atoms with Crippen LogP contribution in [-0.2, 0) is 34.0 Å². The number of rotatable bonds is 10. The number of aromatic nitrogens is 2. The maximum absolute atomic E-state index is 13.1. The molecule has 3 amide bonds. The summed E-state index contributed by atoms with van der Waals surface area (Å²) in [5, 5.41) is 6.83. The predicted octanol–water partition coefficient (Wildman–Crippen LogP) is 4.66. The second kappa shape index (κ2) is 16.3. The van der Waals surface area contributed by atoms with Gasteiger partial charge in [-0.15, -0.1) is 0 Å². The summed E-state index contributed by atoms with van der Waals surface area (Å²) in [5.74, 6) is 0.123. The molecule has 5 aliphatic rings. The molecule has 9 rings (SSSR count). The molecule has 0 radical (unpaired) electrons. The molecule has 1 unspecified atom stereocenters. The maximum Gasteiger partial charge on any atom is 0.255 e. The van der Waals surface area contributed by atoms with Crippen LogP contribution in [0.1, 0.15) is 59.7 Å². The molecule has 58 heavy (non-hydrogen) atoms. The third kappa shape index (κ3) is 8.02. The Morgan fingerprint density at radius 1 is 0.914 bits per heavy atom. The van der Waals surface area contributed by atoms with Crippen molar-refractivity contribution in [3.63, 3.8) is 0 Å². The Hall–Kier alpha value is -5.02. The van der Waals surface area contributed by atoms with Crippen molar-refractivity contribution < 1.29 is 19.1 Å². The first-order chi connectivity index (χ1) is 28.2. The van der Waals surface area contributed by atoms with E-state index in [1.54, 1.807) is 16.7 Å². The highest BCUT2D eigenvalue weighted by atomic mass is 32.2. The van der Waals surface area contributed by atoms with E-state index in [-0.39, 0.29) is 41.7 Å². The van der Waals surface area contributed by atoms with E-state index in [0.29, 0.717) is 18.5 Å². The molecule has 1 spiro atoms. The van der Waals surface area contributed by atoms with E-state index in [4.69, 9.17) is 20.4 Å². The monoisotopic (exact) mass is 801 g/mol. The van der Waals surface area contributed by atoms with Crippen LogP contribution in [0.2, 0.25) is 0 Å². The van der Waals surface area contributed by atoms with E-state index < -0.39 is 6.04 Å². The van der Waals surface area contributed by atoms with Gasteiger partial charge in [0.15, 0.2) is 0 Å². The highest BCUT2D eigenvalue weighted by molar-refractivity contribution is 7.99. The first-order valence-electron chi connectivity index (χ1n) is 20.5. The lowest BCUT2D eigenvalue weighted by Crippen LogP contribution is -2.52. The fraction of sp³-hybridized carbons (Fsp3) is 0.432. The summed E-state index contributed by atoms with van der Waals surface area (Å²) in [5.41, 5.74) is 12.9. The van der Waals surface area contributed by atoms with E-state index in [9.17, 15) is 14.4 Å². The molecule has 4 saturated heterocycles. The van der Waals surface area contributed by atoms with Crippen molar-refractivity contribution in [2.45, 2.75) is 80.4 Å². The molecule has 4 N–H and O–H groups in total. The van der Waals surface area contributed by atoms with E-state index in [2.05, 4.69) is 86.9 Å². The van der Waals surface area contributed by atoms with E-state index in [0.717, 1.165) is 104 Å². The maximum atomic E-state index is 13.1. The zero-order valence-electron chi connectivity index (χ0n) is 32.9. The molecule has 1 aromatic heterocycles. The summed E-state index contributed by atoms with van der Waals surface area (Å²) in [4.78, 5) is 56.6. The van der Waals surface area contributed by atoms with Crippen LogP contribution in [-0.4, -0.2) is 102 Å². The Morgan fingerprint density at radius 3 is 2.43 bits per heavy atom. The topological polar surface area (TPSA) is 149 Å². The van der Waals surface area contributed by atoms with Crippen LogP contribution in [0.5, 0.6) is 0 Å². The normalized spacial score (nSPS) is 23.4. The summed E-state index contributed by atoms with van der Waals surface area (Å²) in [6, 6.07) is 22.8. The molecule has 5 aliphatic heterocycles. The number of imide groups is 1. The van der Waals surface area contributed by atoms with Crippen molar-refractivity contribution in [3.8, 4) is 0 Å². The van der Waals surface area contributed by atoms with Gasteiger partial charge < -0.3 is 30.5 Å². The van der Waals surface area contributed by atoms with Crippen molar-refractivity contribution in [2.75, 3.05) is 61.0 Å². The summed E-state index contributed by atoms with van der Waals surface area (Å²) < 4.78 is 5.88. The van der Waals surface area contributed by atoms with Gasteiger partial charge in [-0.25, -0.2) is 9.97 Å². The number of nitrogens with one attached hydrogen (secondary N) is 2. The van der Waals surface area contributed by atoms with Gasteiger partial charge in [0.05, 0.1) is 25.1 Å². The standard InChI is InChI=1S/C44H51N9O4S/c1-29-41(45)44(28-57-29)13-15-52(16-14-44)38-24-48-40(25-47-38)58-35-4-2-3-33(22-35)46-23-30-5-7-31(8-6-30)26-50-17-19-51(20-18-50)34-9-10-36-32(21-34)27-53(43(36)56)37-11-12-39(54)49-42(37)55/h2-10,21-22,24-25,29,37,41,46H,11-20,23,26-28,45H2,1H3,(H,49,54,55)/t29-,37?,41+/m0/s1.